The second-order valence-electron chi connectivity index (χ2n) is 6.25. The maximum absolute atomic E-state index is 5.85. The Labute approximate surface area is 126 Å². The molecule has 2 aromatic rings. The third-order valence-electron chi connectivity index (χ3n) is 3.99. The summed E-state index contributed by atoms with van der Waals surface area (Å²) in [4.78, 5) is 6.99. The van der Waals surface area contributed by atoms with Gasteiger partial charge in [0.15, 0.2) is 0 Å². The van der Waals surface area contributed by atoms with E-state index in [9.17, 15) is 0 Å². The first kappa shape index (κ1) is 14.1. The molecule has 0 bridgehead atoms. The zero-order valence-electron chi connectivity index (χ0n) is 12.8. The minimum atomic E-state index is 0.174. The predicted molar refractivity (Wildman–Crippen MR) is 87.9 cm³/mol. The van der Waals surface area contributed by atoms with Gasteiger partial charge in [0.05, 0.1) is 0 Å². The standard InChI is InChI=1S/C18H23N3/c1-13-9-16-5-3-4-6-17(16)21(12-13)18-8-7-15(11-20-18)10-14(2)19/h3-8,11,13-14H,9-10,12,19H2,1-2H3. The van der Waals surface area contributed by atoms with E-state index in [-0.39, 0.29) is 6.04 Å². The van der Waals surface area contributed by atoms with Gasteiger partial charge in [0.1, 0.15) is 5.82 Å². The average Bonchev–Trinajstić information content (AvgIpc) is 2.46. The molecule has 0 amide bonds. The van der Waals surface area contributed by atoms with E-state index in [1.54, 1.807) is 0 Å². The highest BCUT2D eigenvalue weighted by Gasteiger charge is 2.23. The molecule has 2 atom stereocenters. The van der Waals surface area contributed by atoms with Gasteiger partial charge in [0, 0.05) is 24.5 Å². The van der Waals surface area contributed by atoms with Crippen LogP contribution < -0.4 is 10.6 Å². The smallest absolute Gasteiger partial charge is 0.132 e. The van der Waals surface area contributed by atoms with E-state index in [1.807, 2.05) is 13.1 Å². The number of fused-ring (bicyclic) bond motifs is 1. The number of para-hydroxylation sites is 1. The molecule has 3 nitrogen and oxygen atoms in total. The summed E-state index contributed by atoms with van der Waals surface area (Å²) in [6.07, 6.45) is 3.98. The Kier molecular flexibility index (Phi) is 3.93. The fourth-order valence-electron chi connectivity index (χ4n) is 3.08. The minimum absolute atomic E-state index is 0.174. The fraction of sp³-hybridized carbons (Fsp3) is 0.389. The molecule has 3 rings (SSSR count). The van der Waals surface area contributed by atoms with Crippen LogP contribution in [-0.2, 0) is 12.8 Å². The zero-order valence-corrected chi connectivity index (χ0v) is 12.8. The van der Waals surface area contributed by atoms with Crippen molar-refractivity contribution < 1.29 is 0 Å². The highest BCUT2D eigenvalue weighted by molar-refractivity contribution is 5.65. The number of hydrogen-bond donors (Lipinski definition) is 1. The van der Waals surface area contributed by atoms with Crippen LogP contribution >= 0.6 is 0 Å². The molecule has 1 aliphatic heterocycles. The van der Waals surface area contributed by atoms with Crippen molar-refractivity contribution in [3.63, 3.8) is 0 Å². The van der Waals surface area contributed by atoms with Crippen molar-refractivity contribution in [2.75, 3.05) is 11.4 Å². The largest absolute Gasteiger partial charge is 0.328 e. The zero-order chi connectivity index (χ0) is 14.8. The molecule has 0 spiro atoms. The van der Waals surface area contributed by atoms with Crippen molar-refractivity contribution >= 4 is 11.5 Å². The van der Waals surface area contributed by atoms with Crippen molar-refractivity contribution in [3.8, 4) is 0 Å². The van der Waals surface area contributed by atoms with Gasteiger partial charge in [-0.15, -0.1) is 0 Å². The van der Waals surface area contributed by atoms with Crippen molar-refractivity contribution in [3.05, 3.63) is 53.7 Å². The summed E-state index contributed by atoms with van der Waals surface area (Å²) >= 11 is 0. The summed E-state index contributed by atoms with van der Waals surface area (Å²) in [5.41, 5.74) is 9.76. The van der Waals surface area contributed by atoms with Gasteiger partial charge in [-0.2, -0.15) is 0 Å². The number of nitrogens with zero attached hydrogens (tertiary/aromatic N) is 2. The third kappa shape index (κ3) is 3.08. The molecule has 110 valence electrons. The van der Waals surface area contributed by atoms with Gasteiger partial charge in [0.25, 0.3) is 0 Å². The van der Waals surface area contributed by atoms with E-state index >= 15 is 0 Å². The molecular formula is C18H23N3. The van der Waals surface area contributed by atoms with Gasteiger partial charge in [-0.05, 0) is 48.9 Å². The topological polar surface area (TPSA) is 42.1 Å². The Morgan fingerprint density at radius 3 is 2.81 bits per heavy atom. The van der Waals surface area contributed by atoms with Crippen LogP contribution in [-0.4, -0.2) is 17.6 Å². The molecule has 0 radical (unpaired) electrons. The molecule has 0 fully saturated rings. The number of aromatic nitrogens is 1. The van der Waals surface area contributed by atoms with Crippen LogP contribution in [0.1, 0.15) is 25.0 Å². The normalized spacial score (nSPS) is 19.2. The van der Waals surface area contributed by atoms with Crippen molar-refractivity contribution in [1.29, 1.82) is 0 Å². The number of nitrogens with two attached hydrogens (primary N) is 1. The van der Waals surface area contributed by atoms with Crippen LogP contribution in [0.5, 0.6) is 0 Å². The van der Waals surface area contributed by atoms with Crippen LogP contribution in [0.4, 0.5) is 11.5 Å². The molecule has 21 heavy (non-hydrogen) atoms. The number of benzene rings is 1. The van der Waals surface area contributed by atoms with Crippen LogP contribution in [0.3, 0.4) is 0 Å². The molecular weight excluding hydrogens is 258 g/mol. The van der Waals surface area contributed by atoms with E-state index in [4.69, 9.17) is 5.73 Å². The van der Waals surface area contributed by atoms with E-state index in [2.05, 4.69) is 53.2 Å². The first-order valence-corrected chi connectivity index (χ1v) is 7.69. The summed E-state index contributed by atoms with van der Waals surface area (Å²) in [7, 11) is 0. The second-order valence-corrected chi connectivity index (χ2v) is 6.25. The maximum atomic E-state index is 5.85. The van der Waals surface area contributed by atoms with Crippen LogP contribution in [0, 0.1) is 5.92 Å². The fourth-order valence-corrected chi connectivity index (χ4v) is 3.08. The van der Waals surface area contributed by atoms with Crippen LogP contribution in [0.15, 0.2) is 42.6 Å². The Hall–Kier alpha value is -1.87. The Bertz CT molecular complexity index is 604. The van der Waals surface area contributed by atoms with Gasteiger partial charge in [0.2, 0.25) is 0 Å². The molecule has 2 heterocycles. The van der Waals surface area contributed by atoms with E-state index in [1.165, 1.54) is 16.8 Å². The van der Waals surface area contributed by atoms with Gasteiger partial charge in [-0.1, -0.05) is 31.2 Å². The molecule has 2 unspecified atom stereocenters. The van der Waals surface area contributed by atoms with Crippen LogP contribution in [0.25, 0.3) is 0 Å². The monoisotopic (exact) mass is 281 g/mol. The summed E-state index contributed by atoms with van der Waals surface area (Å²) < 4.78 is 0. The first-order valence-electron chi connectivity index (χ1n) is 7.69. The van der Waals surface area contributed by atoms with E-state index in [0.717, 1.165) is 25.2 Å². The van der Waals surface area contributed by atoms with Gasteiger partial charge in [-0.25, -0.2) is 4.98 Å². The molecule has 0 aliphatic carbocycles. The lowest BCUT2D eigenvalue weighted by atomic mass is 9.94. The predicted octanol–water partition coefficient (Wildman–Crippen LogP) is 3.30. The molecule has 2 N–H and O–H groups in total. The molecule has 1 aromatic heterocycles. The summed E-state index contributed by atoms with van der Waals surface area (Å²) in [6.45, 7) is 5.35. The average molecular weight is 281 g/mol. The summed E-state index contributed by atoms with van der Waals surface area (Å²) in [5.74, 6) is 1.67. The number of anilines is 2. The first-order chi connectivity index (χ1) is 10.1. The Balaban J connectivity index is 1.90. The summed E-state index contributed by atoms with van der Waals surface area (Å²) in [5, 5.41) is 0. The van der Waals surface area contributed by atoms with E-state index in [0.29, 0.717) is 5.92 Å². The van der Waals surface area contributed by atoms with Gasteiger partial charge < -0.3 is 10.6 Å². The minimum Gasteiger partial charge on any atom is -0.328 e. The maximum Gasteiger partial charge on any atom is 0.132 e. The van der Waals surface area contributed by atoms with Crippen molar-refractivity contribution in [2.45, 2.75) is 32.7 Å². The molecule has 1 aromatic carbocycles. The lowest BCUT2D eigenvalue weighted by Gasteiger charge is -2.34. The molecule has 0 saturated carbocycles. The van der Waals surface area contributed by atoms with Crippen molar-refractivity contribution in [1.82, 2.24) is 4.98 Å². The molecule has 0 saturated heterocycles. The molecule has 1 aliphatic rings. The quantitative estimate of drug-likeness (QED) is 0.938. The van der Waals surface area contributed by atoms with Gasteiger partial charge >= 0.3 is 0 Å². The summed E-state index contributed by atoms with van der Waals surface area (Å²) in [6, 6.07) is 13.1. The Morgan fingerprint density at radius 2 is 2.10 bits per heavy atom. The van der Waals surface area contributed by atoms with Gasteiger partial charge in [-0.3, -0.25) is 0 Å². The van der Waals surface area contributed by atoms with Crippen LogP contribution in [0.2, 0.25) is 0 Å². The van der Waals surface area contributed by atoms with Crippen molar-refractivity contribution in [2.24, 2.45) is 11.7 Å². The highest BCUT2D eigenvalue weighted by atomic mass is 15.2. The number of hydrogen-bond acceptors (Lipinski definition) is 3. The highest BCUT2D eigenvalue weighted by Crippen LogP contribution is 2.34. The third-order valence-corrected chi connectivity index (χ3v) is 3.99. The van der Waals surface area contributed by atoms with E-state index < -0.39 is 0 Å². The number of pyridine rings is 1. The molecule has 3 heteroatoms. The second kappa shape index (κ2) is 5.86. The lowest BCUT2D eigenvalue weighted by Crippen LogP contribution is -2.31. The Morgan fingerprint density at radius 1 is 1.29 bits per heavy atom. The number of rotatable bonds is 3. The lowest BCUT2D eigenvalue weighted by molar-refractivity contribution is 0.560. The SMILES string of the molecule is CC(N)Cc1ccc(N2CC(C)Cc3ccccc32)nc1.